The van der Waals surface area contributed by atoms with Gasteiger partial charge in [0.25, 0.3) is 0 Å². The van der Waals surface area contributed by atoms with Crippen LogP contribution in [0.1, 0.15) is 27.7 Å². The van der Waals surface area contributed by atoms with Crippen LogP contribution in [0, 0.1) is 0 Å². The Morgan fingerprint density at radius 2 is 1.62 bits per heavy atom. The van der Waals surface area contributed by atoms with E-state index in [-0.39, 0.29) is 0 Å². The van der Waals surface area contributed by atoms with Gasteiger partial charge in [-0.05, 0) is 39.2 Å². The topological polar surface area (TPSA) is 4.93 Å². The molecule has 0 aliphatic carbocycles. The summed E-state index contributed by atoms with van der Waals surface area (Å²) in [5.41, 5.74) is 5.44. The Kier molecular flexibility index (Phi) is 3.49. The average Bonchev–Trinajstić information content (AvgIpc) is 2.99. The highest BCUT2D eigenvalue weighted by Crippen LogP contribution is 2.44. The molecule has 0 spiro atoms. The van der Waals surface area contributed by atoms with E-state index in [4.69, 9.17) is 11.6 Å². The molecule has 2 heterocycles. The smallest absolute Gasteiger partial charge is 0.127 e. The summed E-state index contributed by atoms with van der Waals surface area (Å²) in [5, 5.41) is 5.47. The van der Waals surface area contributed by atoms with Crippen LogP contribution in [0.25, 0.3) is 22.2 Å². The van der Waals surface area contributed by atoms with Crippen molar-refractivity contribution in [3.05, 3.63) is 47.5 Å². The molecule has 0 saturated carbocycles. The molecule has 1 aromatic heterocycles. The van der Waals surface area contributed by atoms with Crippen molar-refractivity contribution in [1.82, 2.24) is 4.57 Å². The summed E-state index contributed by atoms with van der Waals surface area (Å²) in [6.07, 6.45) is 0. The van der Waals surface area contributed by atoms with Gasteiger partial charge in [0.15, 0.2) is 0 Å². The summed E-state index contributed by atoms with van der Waals surface area (Å²) < 4.78 is 2.37. The molecule has 0 radical (unpaired) electrons. The van der Waals surface area contributed by atoms with Crippen molar-refractivity contribution in [2.45, 2.75) is 38.8 Å². The monoisotopic (exact) mass is 353 g/mol. The third-order valence-electron chi connectivity index (χ3n) is 6.03. The highest BCUT2D eigenvalue weighted by Gasteiger charge is 2.52. The van der Waals surface area contributed by atoms with Crippen LogP contribution in [0.4, 0.5) is 0 Å². The van der Waals surface area contributed by atoms with Crippen LogP contribution in [0.2, 0.25) is 16.1 Å². The summed E-state index contributed by atoms with van der Waals surface area (Å²) in [5.74, 6) is 0. The van der Waals surface area contributed by atoms with Gasteiger partial charge in [-0.25, -0.2) is 0 Å². The van der Waals surface area contributed by atoms with E-state index >= 15 is 0 Å². The van der Waals surface area contributed by atoms with Gasteiger partial charge >= 0.3 is 0 Å². The molecule has 24 heavy (non-hydrogen) atoms. The van der Waals surface area contributed by atoms with Gasteiger partial charge in [0.05, 0.1) is 0 Å². The first kappa shape index (κ1) is 16.0. The molecule has 0 unspecified atom stereocenters. The molecular formula is C21H24ClNSi. The maximum Gasteiger partial charge on any atom is 0.127 e. The molecule has 0 saturated heterocycles. The standard InChI is InChI=1S/C21H24ClNSi/c1-13(2)24(14(3)4)19-9-7-6-8-17(19)20-21(24)16-11-10-15(22)12-18(16)23(20)5/h6-14H,1-5H3. The molecule has 3 aromatic rings. The van der Waals surface area contributed by atoms with Crippen LogP contribution in [0.15, 0.2) is 42.5 Å². The van der Waals surface area contributed by atoms with Crippen LogP contribution in [0.5, 0.6) is 0 Å². The lowest BCUT2D eigenvalue weighted by Crippen LogP contribution is -2.60. The molecular weight excluding hydrogens is 330 g/mol. The predicted octanol–water partition coefficient (Wildman–Crippen LogP) is 5.20. The number of hydrogen-bond donors (Lipinski definition) is 0. The average molecular weight is 354 g/mol. The molecule has 0 amide bonds. The summed E-state index contributed by atoms with van der Waals surface area (Å²) >= 11 is 6.31. The maximum atomic E-state index is 6.31. The van der Waals surface area contributed by atoms with Crippen molar-refractivity contribution in [3.8, 4) is 11.3 Å². The summed E-state index contributed by atoms with van der Waals surface area (Å²) in [4.78, 5) is 0. The fourth-order valence-corrected chi connectivity index (χ4v) is 11.7. The number of aromatic nitrogens is 1. The van der Waals surface area contributed by atoms with E-state index in [9.17, 15) is 0 Å². The van der Waals surface area contributed by atoms with Crippen molar-refractivity contribution in [2.24, 2.45) is 7.05 Å². The molecule has 0 bridgehead atoms. The van der Waals surface area contributed by atoms with E-state index in [2.05, 4.69) is 75.7 Å². The van der Waals surface area contributed by atoms with Crippen LogP contribution in [0.3, 0.4) is 0 Å². The number of fused-ring (bicyclic) bond motifs is 5. The van der Waals surface area contributed by atoms with Crippen LogP contribution < -0.4 is 10.4 Å². The van der Waals surface area contributed by atoms with E-state index in [1.807, 2.05) is 6.07 Å². The van der Waals surface area contributed by atoms with Gasteiger partial charge in [-0.2, -0.15) is 0 Å². The Morgan fingerprint density at radius 1 is 0.958 bits per heavy atom. The first-order valence-electron chi connectivity index (χ1n) is 8.79. The number of halogens is 1. The molecule has 1 aliphatic heterocycles. The molecule has 0 atom stereocenters. The minimum atomic E-state index is -1.85. The van der Waals surface area contributed by atoms with Crippen molar-refractivity contribution in [3.63, 3.8) is 0 Å². The molecule has 1 nitrogen and oxygen atoms in total. The molecule has 3 heteroatoms. The Labute approximate surface area is 150 Å². The Bertz CT molecular complexity index is 944. The minimum Gasteiger partial charge on any atom is -0.344 e. The summed E-state index contributed by atoms with van der Waals surface area (Å²) in [6.45, 7) is 9.69. The first-order valence-corrected chi connectivity index (χ1v) is 11.3. The van der Waals surface area contributed by atoms with Crippen LogP contribution in [-0.4, -0.2) is 12.6 Å². The first-order chi connectivity index (χ1) is 11.4. The lowest BCUT2D eigenvalue weighted by atomic mass is 10.1. The predicted molar refractivity (Wildman–Crippen MR) is 109 cm³/mol. The summed E-state index contributed by atoms with van der Waals surface area (Å²) in [7, 11) is 0.341. The van der Waals surface area contributed by atoms with Crippen LogP contribution >= 0.6 is 11.6 Å². The third kappa shape index (κ3) is 1.76. The van der Waals surface area contributed by atoms with Crippen molar-refractivity contribution >= 4 is 41.0 Å². The van der Waals surface area contributed by atoms with E-state index in [1.54, 1.807) is 10.4 Å². The largest absolute Gasteiger partial charge is 0.344 e. The van der Waals surface area contributed by atoms with Gasteiger partial charge < -0.3 is 4.57 Å². The zero-order valence-corrected chi connectivity index (χ0v) is 16.8. The quantitative estimate of drug-likeness (QED) is 0.558. The van der Waals surface area contributed by atoms with Gasteiger partial charge in [-0.3, -0.25) is 0 Å². The van der Waals surface area contributed by atoms with E-state index in [1.165, 1.54) is 22.2 Å². The molecule has 0 N–H and O–H groups in total. The van der Waals surface area contributed by atoms with E-state index < -0.39 is 8.07 Å². The van der Waals surface area contributed by atoms with Gasteiger partial charge in [-0.1, -0.05) is 69.6 Å². The summed E-state index contributed by atoms with van der Waals surface area (Å²) in [6, 6.07) is 15.5. The second-order valence-corrected chi connectivity index (χ2v) is 13.2. The van der Waals surface area contributed by atoms with Gasteiger partial charge in [-0.15, -0.1) is 0 Å². The fourth-order valence-electron chi connectivity index (χ4n) is 5.19. The number of rotatable bonds is 2. The molecule has 0 fully saturated rings. The van der Waals surface area contributed by atoms with Gasteiger partial charge in [0, 0.05) is 28.7 Å². The fraction of sp³-hybridized carbons (Fsp3) is 0.333. The van der Waals surface area contributed by atoms with Crippen molar-refractivity contribution in [1.29, 1.82) is 0 Å². The number of benzene rings is 2. The molecule has 4 rings (SSSR count). The molecule has 2 aromatic carbocycles. The number of hydrogen-bond acceptors (Lipinski definition) is 0. The zero-order chi connectivity index (χ0) is 17.2. The van der Waals surface area contributed by atoms with Crippen LogP contribution in [-0.2, 0) is 7.05 Å². The Balaban J connectivity index is 2.25. The lowest BCUT2D eigenvalue weighted by molar-refractivity contribution is 0.930. The Hall–Kier alpha value is -1.51. The lowest BCUT2D eigenvalue weighted by Gasteiger charge is -2.37. The SMILES string of the molecule is CC(C)[Si]1(C(C)C)c2ccccc2-c2c1c1ccc(Cl)cc1n2C. The van der Waals surface area contributed by atoms with E-state index in [0.717, 1.165) is 5.02 Å². The van der Waals surface area contributed by atoms with Gasteiger partial charge in [0.2, 0.25) is 0 Å². The van der Waals surface area contributed by atoms with Gasteiger partial charge in [0.1, 0.15) is 8.07 Å². The van der Waals surface area contributed by atoms with Crippen molar-refractivity contribution in [2.75, 3.05) is 0 Å². The van der Waals surface area contributed by atoms with Crippen molar-refractivity contribution < 1.29 is 0 Å². The highest BCUT2D eigenvalue weighted by molar-refractivity contribution is 7.08. The third-order valence-corrected chi connectivity index (χ3v) is 12.6. The zero-order valence-electron chi connectivity index (χ0n) is 15.0. The second kappa shape index (κ2) is 5.24. The van der Waals surface area contributed by atoms with E-state index in [0.29, 0.717) is 11.1 Å². The number of nitrogens with zero attached hydrogens (tertiary/aromatic N) is 1. The number of aryl methyl sites for hydroxylation is 1. The molecule has 1 aliphatic rings. The normalized spacial score (nSPS) is 15.3. The molecule has 124 valence electrons. The highest BCUT2D eigenvalue weighted by atomic mass is 35.5. The second-order valence-electron chi connectivity index (χ2n) is 7.67. The Morgan fingerprint density at radius 3 is 2.29 bits per heavy atom. The minimum absolute atomic E-state index is 0.654. The maximum absolute atomic E-state index is 6.31.